The molecule has 2 amide bonds. The second-order valence-electron chi connectivity index (χ2n) is 5.51. The zero-order chi connectivity index (χ0) is 18.9. The molecule has 2 aromatic rings. The number of nitrogens with zero attached hydrogens (tertiary/aromatic N) is 1. The first-order valence-electron chi connectivity index (χ1n) is 8.12. The van der Waals surface area contributed by atoms with Crippen LogP contribution in [-0.2, 0) is 4.79 Å². The number of aromatic hydroxyl groups is 1. The standard InChI is InChI=1S/C19H21N3O4/c1-3-26-17-10-14(7-8-16(17)23)11-21-22-18(24)12-20-19(25)15-6-4-5-13(2)9-15/h4-11,23H,3,12H2,1-2H3,(H,20,25)(H,22,24). The number of amides is 2. The van der Waals surface area contributed by atoms with Gasteiger partial charge in [-0.05, 0) is 49.7 Å². The molecular formula is C19H21N3O4. The Hall–Kier alpha value is -3.35. The van der Waals surface area contributed by atoms with E-state index in [-0.39, 0.29) is 18.2 Å². The van der Waals surface area contributed by atoms with E-state index in [2.05, 4.69) is 15.8 Å². The van der Waals surface area contributed by atoms with Crippen LogP contribution in [0.3, 0.4) is 0 Å². The molecule has 0 aliphatic heterocycles. The number of hydrogen-bond acceptors (Lipinski definition) is 5. The van der Waals surface area contributed by atoms with Crippen LogP contribution in [0.2, 0.25) is 0 Å². The van der Waals surface area contributed by atoms with Crippen LogP contribution in [0.15, 0.2) is 47.6 Å². The van der Waals surface area contributed by atoms with E-state index >= 15 is 0 Å². The zero-order valence-corrected chi connectivity index (χ0v) is 14.7. The summed E-state index contributed by atoms with van der Waals surface area (Å²) in [7, 11) is 0. The Balaban J connectivity index is 1.84. The Morgan fingerprint density at radius 2 is 2.04 bits per heavy atom. The minimum absolute atomic E-state index is 0.0342. The first kappa shape index (κ1) is 19.0. The lowest BCUT2D eigenvalue weighted by atomic mass is 10.1. The van der Waals surface area contributed by atoms with Crippen molar-refractivity contribution < 1.29 is 19.4 Å². The van der Waals surface area contributed by atoms with E-state index in [0.29, 0.717) is 23.5 Å². The third-order valence-electron chi connectivity index (χ3n) is 3.38. The molecule has 0 bridgehead atoms. The molecule has 7 heteroatoms. The van der Waals surface area contributed by atoms with Crippen molar-refractivity contribution in [3.05, 3.63) is 59.2 Å². The average molecular weight is 355 g/mol. The lowest BCUT2D eigenvalue weighted by Gasteiger charge is -2.06. The minimum Gasteiger partial charge on any atom is -0.504 e. The smallest absolute Gasteiger partial charge is 0.259 e. The van der Waals surface area contributed by atoms with Gasteiger partial charge in [-0.15, -0.1) is 0 Å². The molecule has 2 aromatic carbocycles. The van der Waals surface area contributed by atoms with Gasteiger partial charge in [0.1, 0.15) is 0 Å². The van der Waals surface area contributed by atoms with Crippen LogP contribution in [0.5, 0.6) is 11.5 Å². The fourth-order valence-electron chi connectivity index (χ4n) is 2.15. The number of nitrogens with one attached hydrogen (secondary N) is 2. The number of aryl methyl sites for hydroxylation is 1. The van der Waals surface area contributed by atoms with Crippen molar-refractivity contribution in [3.63, 3.8) is 0 Å². The summed E-state index contributed by atoms with van der Waals surface area (Å²) >= 11 is 0. The maximum Gasteiger partial charge on any atom is 0.259 e. The Labute approximate surface area is 151 Å². The van der Waals surface area contributed by atoms with Gasteiger partial charge in [-0.25, -0.2) is 5.43 Å². The summed E-state index contributed by atoms with van der Waals surface area (Å²) in [6.45, 7) is 3.93. The molecule has 0 saturated carbocycles. The van der Waals surface area contributed by atoms with Crippen LogP contribution in [0.4, 0.5) is 0 Å². The molecule has 3 N–H and O–H groups in total. The summed E-state index contributed by atoms with van der Waals surface area (Å²) in [5.74, 6) is -0.404. The molecule has 0 unspecified atom stereocenters. The predicted molar refractivity (Wildman–Crippen MR) is 98.5 cm³/mol. The fraction of sp³-hybridized carbons (Fsp3) is 0.211. The number of ether oxygens (including phenoxy) is 1. The van der Waals surface area contributed by atoms with Crippen LogP contribution < -0.4 is 15.5 Å². The Morgan fingerprint density at radius 1 is 1.23 bits per heavy atom. The summed E-state index contributed by atoms with van der Waals surface area (Å²) in [4.78, 5) is 23.7. The van der Waals surface area contributed by atoms with Crippen LogP contribution in [0, 0.1) is 6.92 Å². The Morgan fingerprint density at radius 3 is 2.77 bits per heavy atom. The average Bonchev–Trinajstić information content (AvgIpc) is 2.62. The van der Waals surface area contributed by atoms with Gasteiger partial charge < -0.3 is 15.2 Å². The van der Waals surface area contributed by atoms with Crippen molar-refractivity contribution >= 4 is 18.0 Å². The van der Waals surface area contributed by atoms with Crippen LogP contribution >= 0.6 is 0 Å². The minimum atomic E-state index is -0.453. The van der Waals surface area contributed by atoms with Crippen molar-refractivity contribution in [2.45, 2.75) is 13.8 Å². The molecule has 0 spiro atoms. The van der Waals surface area contributed by atoms with Crippen LogP contribution in [0.25, 0.3) is 0 Å². The molecule has 7 nitrogen and oxygen atoms in total. The van der Waals surface area contributed by atoms with Crippen LogP contribution in [-0.4, -0.2) is 36.3 Å². The lowest BCUT2D eigenvalue weighted by Crippen LogP contribution is -2.34. The number of carbonyl (C=O) groups is 2. The van der Waals surface area contributed by atoms with Gasteiger partial charge >= 0.3 is 0 Å². The van der Waals surface area contributed by atoms with Crippen molar-refractivity contribution in [2.24, 2.45) is 5.10 Å². The SMILES string of the molecule is CCOc1cc(C=NNC(=O)CNC(=O)c2cccc(C)c2)ccc1O. The summed E-state index contributed by atoms with van der Waals surface area (Å²) in [5, 5.41) is 16.0. The van der Waals surface area contributed by atoms with Gasteiger partial charge in [0.15, 0.2) is 11.5 Å². The highest BCUT2D eigenvalue weighted by atomic mass is 16.5. The van der Waals surface area contributed by atoms with Crippen molar-refractivity contribution in [1.82, 2.24) is 10.7 Å². The fourth-order valence-corrected chi connectivity index (χ4v) is 2.15. The number of phenols is 1. The number of carbonyl (C=O) groups excluding carboxylic acids is 2. The molecule has 0 fully saturated rings. The molecule has 0 aliphatic rings. The molecule has 26 heavy (non-hydrogen) atoms. The predicted octanol–water partition coefficient (Wildman–Crippen LogP) is 1.98. The highest BCUT2D eigenvalue weighted by Gasteiger charge is 2.07. The zero-order valence-electron chi connectivity index (χ0n) is 14.7. The van der Waals surface area contributed by atoms with E-state index < -0.39 is 5.91 Å². The molecule has 0 saturated heterocycles. The third kappa shape index (κ3) is 5.62. The van der Waals surface area contributed by atoms with Gasteiger partial charge in [-0.1, -0.05) is 17.7 Å². The number of hydrogen-bond donors (Lipinski definition) is 3. The van der Waals surface area contributed by atoms with Gasteiger partial charge in [-0.3, -0.25) is 9.59 Å². The van der Waals surface area contributed by atoms with Gasteiger partial charge in [0.2, 0.25) is 0 Å². The summed E-state index contributed by atoms with van der Waals surface area (Å²) in [6.07, 6.45) is 1.42. The molecule has 0 heterocycles. The van der Waals surface area contributed by atoms with Crippen molar-refractivity contribution in [1.29, 1.82) is 0 Å². The molecule has 0 atom stereocenters. The van der Waals surface area contributed by atoms with E-state index in [1.54, 1.807) is 30.3 Å². The maximum atomic E-state index is 12.0. The summed E-state index contributed by atoms with van der Waals surface area (Å²) < 4.78 is 5.27. The molecule has 2 rings (SSSR count). The highest BCUT2D eigenvalue weighted by Crippen LogP contribution is 2.26. The molecule has 0 aromatic heterocycles. The van der Waals surface area contributed by atoms with Gasteiger partial charge in [0.05, 0.1) is 19.4 Å². The van der Waals surface area contributed by atoms with E-state index in [4.69, 9.17) is 4.74 Å². The number of benzene rings is 2. The lowest BCUT2D eigenvalue weighted by molar-refractivity contribution is -0.120. The molecule has 136 valence electrons. The summed E-state index contributed by atoms with van der Waals surface area (Å²) in [6, 6.07) is 11.8. The first-order valence-corrected chi connectivity index (χ1v) is 8.12. The number of rotatable bonds is 7. The molecule has 0 aliphatic carbocycles. The van der Waals surface area contributed by atoms with Gasteiger partial charge in [-0.2, -0.15) is 5.10 Å². The second-order valence-corrected chi connectivity index (χ2v) is 5.51. The number of hydrazone groups is 1. The van der Waals surface area contributed by atoms with E-state index in [9.17, 15) is 14.7 Å². The molecular weight excluding hydrogens is 334 g/mol. The van der Waals surface area contributed by atoms with Gasteiger partial charge in [0, 0.05) is 5.56 Å². The monoisotopic (exact) mass is 355 g/mol. The highest BCUT2D eigenvalue weighted by molar-refractivity contribution is 5.96. The Kier molecular flexibility index (Phi) is 6.73. The number of phenolic OH excluding ortho intramolecular Hbond substituents is 1. The van der Waals surface area contributed by atoms with E-state index in [1.807, 2.05) is 19.9 Å². The van der Waals surface area contributed by atoms with E-state index in [0.717, 1.165) is 5.56 Å². The largest absolute Gasteiger partial charge is 0.504 e. The summed E-state index contributed by atoms with van der Waals surface area (Å²) in [5.41, 5.74) is 4.44. The van der Waals surface area contributed by atoms with Crippen molar-refractivity contribution in [3.8, 4) is 11.5 Å². The maximum absolute atomic E-state index is 12.0. The topological polar surface area (TPSA) is 100 Å². The van der Waals surface area contributed by atoms with Gasteiger partial charge in [0.25, 0.3) is 11.8 Å². The van der Waals surface area contributed by atoms with Crippen LogP contribution in [0.1, 0.15) is 28.4 Å². The third-order valence-corrected chi connectivity index (χ3v) is 3.38. The first-order chi connectivity index (χ1) is 12.5. The quantitative estimate of drug-likeness (QED) is 0.522. The second kappa shape index (κ2) is 9.22. The van der Waals surface area contributed by atoms with E-state index in [1.165, 1.54) is 12.3 Å². The Bertz CT molecular complexity index is 818. The normalized spacial score (nSPS) is 10.5. The van der Waals surface area contributed by atoms with Crippen molar-refractivity contribution in [2.75, 3.05) is 13.2 Å². The molecule has 0 radical (unpaired) electrons.